The highest BCUT2D eigenvalue weighted by molar-refractivity contribution is 7.07. The molecule has 1 amide bonds. The highest BCUT2D eigenvalue weighted by Gasteiger charge is 2.45. The molecule has 1 aliphatic heterocycles. The molecule has 28 heavy (non-hydrogen) atoms. The molecule has 1 saturated heterocycles. The second-order valence-corrected chi connectivity index (χ2v) is 7.84. The number of fused-ring (bicyclic) bond motifs is 1. The van der Waals surface area contributed by atoms with Gasteiger partial charge in [-0.3, -0.25) is 0 Å². The van der Waals surface area contributed by atoms with Crippen molar-refractivity contribution in [3.05, 3.63) is 46.4 Å². The lowest BCUT2D eigenvalue weighted by Crippen LogP contribution is -2.32. The van der Waals surface area contributed by atoms with E-state index >= 15 is 0 Å². The largest absolute Gasteiger partial charge is 0.490 e. The number of carbonyl (C=O) groups is 1. The minimum Gasteiger partial charge on any atom is -0.490 e. The van der Waals surface area contributed by atoms with Crippen LogP contribution in [0, 0.1) is 11.8 Å². The fourth-order valence-electron chi connectivity index (χ4n) is 3.97. The van der Waals surface area contributed by atoms with Crippen LogP contribution in [0.4, 0.5) is 18.0 Å². The maximum Gasteiger partial charge on any atom is 0.416 e. The maximum absolute atomic E-state index is 12.9. The summed E-state index contributed by atoms with van der Waals surface area (Å²) in [6, 6.07) is 4.95. The minimum absolute atomic E-state index is 0.0985. The van der Waals surface area contributed by atoms with E-state index < -0.39 is 11.7 Å². The lowest BCUT2D eigenvalue weighted by atomic mass is 9.99. The van der Waals surface area contributed by atoms with E-state index in [1.54, 1.807) is 10.4 Å². The summed E-state index contributed by atoms with van der Waals surface area (Å²) in [4.78, 5) is 18.0. The number of nitrogens with zero attached hydrogens (tertiary/aromatic N) is 2. The Kier molecular flexibility index (Phi) is 5.18. The number of thiazole rings is 1. The predicted octanol–water partition coefficient (Wildman–Crippen LogP) is 4.59. The summed E-state index contributed by atoms with van der Waals surface area (Å²) in [7, 11) is 0. The number of aromatic nitrogens is 1. The lowest BCUT2D eigenvalue weighted by Gasteiger charge is -2.22. The molecule has 3 atom stereocenters. The van der Waals surface area contributed by atoms with Gasteiger partial charge in [0.25, 0.3) is 0 Å². The molecule has 4 rings (SSSR count). The summed E-state index contributed by atoms with van der Waals surface area (Å²) in [5.41, 5.74) is 1.67. The van der Waals surface area contributed by atoms with E-state index in [0.717, 1.165) is 25.0 Å². The topological polar surface area (TPSA) is 51.7 Å². The fraction of sp³-hybridized carbons (Fsp3) is 0.474. The summed E-state index contributed by atoms with van der Waals surface area (Å²) in [5.74, 6) is 0.592. The predicted molar refractivity (Wildman–Crippen MR) is 95.9 cm³/mol. The van der Waals surface area contributed by atoms with Gasteiger partial charge in [-0.1, -0.05) is 6.07 Å². The molecular formula is C19H19F3N2O3S. The van der Waals surface area contributed by atoms with Gasteiger partial charge in [-0.15, -0.1) is 11.3 Å². The van der Waals surface area contributed by atoms with Crippen LogP contribution in [-0.2, 0) is 17.5 Å². The Hall–Kier alpha value is -2.29. The van der Waals surface area contributed by atoms with Crippen LogP contribution in [0.25, 0.3) is 0 Å². The number of ether oxygens (including phenoxy) is 2. The first kappa shape index (κ1) is 19.0. The molecule has 1 aromatic heterocycles. The summed E-state index contributed by atoms with van der Waals surface area (Å²) in [6.45, 7) is 1.21. The van der Waals surface area contributed by atoms with Crippen molar-refractivity contribution < 1.29 is 27.4 Å². The van der Waals surface area contributed by atoms with Crippen LogP contribution in [0.2, 0.25) is 0 Å². The Labute approximate surface area is 164 Å². The van der Waals surface area contributed by atoms with Crippen molar-refractivity contribution in [2.24, 2.45) is 11.8 Å². The smallest absolute Gasteiger partial charge is 0.416 e. The second-order valence-electron chi connectivity index (χ2n) is 7.12. The molecule has 2 heterocycles. The van der Waals surface area contributed by atoms with Gasteiger partial charge >= 0.3 is 12.3 Å². The van der Waals surface area contributed by atoms with Gasteiger partial charge in [0, 0.05) is 24.4 Å². The summed E-state index contributed by atoms with van der Waals surface area (Å²) in [6.07, 6.45) is -3.34. The Balaban J connectivity index is 1.35. The number of rotatable bonds is 4. The average molecular weight is 412 g/mol. The van der Waals surface area contributed by atoms with Crippen molar-refractivity contribution in [1.82, 2.24) is 9.88 Å². The number of hydrogen-bond donors (Lipinski definition) is 0. The first-order valence-electron chi connectivity index (χ1n) is 9.03. The summed E-state index contributed by atoms with van der Waals surface area (Å²) >= 11 is 1.44. The third-order valence-electron chi connectivity index (χ3n) is 5.33. The quantitative estimate of drug-likeness (QED) is 0.737. The van der Waals surface area contributed by atoms with Crippen LogP contribution in [-0.4, -0.2) is 35.2 Å². The molecule has 1 aromatic carbocycles. The van der Waals surface area contributed by atoms with Crippen LogP contribution in [0.5, 0.6) is 5.75 Å². The number of carbonyl (C=O) groups excluding carboxylic acids is 1. The molecule has 2 aliphatic rings. The molecule has 1 saturated carbocycles. The first-order valence-corrected chi connectivity index (χ1v) is 9.97. The van der Waals surface area contributed by atoms with E-state index in [0.29, 0.717) is 18.8 Å². The normalized spacial score (nSPS) is 24.2. The van der Waals surface area contributed by atoms with Gasteiger partial charge in [0.2, 0.25) is 0 Å². The Morgan fingerprint density at radius 2 is 2.14 bits per heavy atom. The van der Waals surface area contributed by atoms with E-state index in [1.165, 1.54) is 23.5 Å². The van der Waals surface area contributed by atoms with Crippen LogP contribution >= 0.6 is 11.3 Å². The van der Waals surface area contributed by atoms with Gasteiger partial charge < -0.3 is 14.4 Å². The SMILES string of the molecule is O=C(OCc1cscn1)N1CC2CCC(Oc3cccc(C(F)(F)F)c3)C2C1. The van der Waals surface area contributed by atoms with Gasteiger partial charge in [-0.2, -0.15) is 13.2 Å². The number of alkyl halides is 3. The van der Waals surface area contributed by atoms with Crippen molar-refractivity contribution in [2.75, 3.05) is 13.1 Å². The molecule has 0 spiro atoms. The lowest BCUT2D eigenvalue weighted by molar-refractivity contribution is -0.137. The summed E-state index contributed by atoms with van der Waals surface area (Å²) in [5, 5.41) is 1.82. The van der Waals surface area contributed by atoms with Crippen molar-refractivity contribution in [1.29, 1.82) is 0 Å². The number of hydrogen-bond acceptors (Lipinski definition) is 5. The standard InChI is InChI=1S/C19H19F3N2O3S/c20-19(21,22)13-2-1-3-15(6-13)27-17-5-4-12-7-24(8-16(12)17)18(25)26-9-14-10-28-11-23-14/h1-3,6,10-12,16-17H,4-5,7-9H2. The Bertz CT molecular complexity index is 828. The Morgan fingerprint density at radius 3 is 2.89 bits per heavy atom. The third kappa shape index (κ3) is 4.09. The van der Waals surface area contributed by atoms with E-state index in [2.05, 4.69) is 4.98 Å². The minimum atomic E-state index is -4.40. The zero-order valence-electron chi connectivity index (χ0n) is 14.9. The molecule has 150 valence electrons. The molecular weight excluding hydrogens is 393 g/mol. The number of benzene rings is 1. The van der Waals surface area contributed by atoms with Crippen LogP contribution in [0.1, 0.15) is 24.1 Å². The number of halogens is 3. The zero-order chi connectivity index (χ0) is 19.7. The van der Waals surface area contributed by atoms with E-state index in [9.17, 15) is 18.0 Å². The van der Waals surface area contributed by atoms with Gasteiger partial charge in [0.1, 0.15) is 18.5 Å². The molecule has 2 fully saturated rings. The van der Waals surface area contributed by atoms with Crippen molar-refractivity contribution in [3.8, 4) is 5.75 Å². The molecule has 3 unspecified atom stereocenters. The molecule has 1 aliphatic carbocycles. The average Bonchev–Trinajstić information content (AvgIpc) is 3.38. The van der Waals surface area contributed by atoms with Gasteiger partial charge in [-0.25, -0.2) is 9.78 Å². The first-order chi connectivity index (χ1) is 13.4. The van der Waals surface area contributed by atoms with Crippen LogP contribution < -0.4 is 4.74 Å². The molecule has 0 bridgehead atoms. The van der Waals surface area contributed by atoms with Crippen LogP contribution in [0.3, 0.4) is 0 Å². The highest BCUT2D eigenvalue weighted by atomic mass is 32.1. The van der Waals surface area contributed by atoms with Crippen molar-refractivity contribution in [2.45, 2.75) is 31.7 Å². The van der Waals surface area contributed by atoms with E-state index in [1.807, 2.05) is 5.38 Å². The van der Waals surface area contributed by atoms with Crippen LogP contribution in [0.15, 0.2) is 35.2 Å². The van der Waals surface area contributed by atoms with Crippen molar-refractivity contribution >= 4 is 17.4 Å². The fourth-order valence-corrected chi connectivity index (χ4v) is 4.51. The zero-order valence-corrected chi connectivity index (χ0v) is 15.7. The Morgan fingerprint density at radius 1 is 1.29 bits per heavy atom. The molecule has 2 aromatic rings. The second kappa shape index (κ2) is 7.62. The highest BCUT2D eigenvalue weighted by Crippen LogP contribution is 2.41. The number of likely N-dealkylation sites (tertiary alicyclic amines) is 1. The third-order valence-corrected chi connectivity index (χ3v) is 5.96. The maximum atomic E-state index is 12.9. The molecule has 0 radical (unpaired) electrons. The van der Waals surface area contributed by atoms with Crippen molar-refractivity contribution in [3.63, 3.8) is 0 Å². The van der Waals surface area contributed by atoms with Gasteiger partial charge in [0.15, 0.2) is 0 Å². The molecule has 0 N–H and O–H groups in total. The monoisotopic (exact) mass is 412 g/mol. The van der Waals surface area contributed by atoms with E-state index in [4.69, 9.17) is 9.47 Å². The van der Waals surface area contributed by atoms with Gasteiger partial charge in [0.05, 0.1) is 16.8 Å². The molecule has 5 nitrogen and oxygen atoms in total. The summed E-state index contributed by atoms with van der Waals surface area (Å²) < 4.78 is 49.9. The van der Waals surface area contributed by atoms with Gasteiger partial charge in [-0.05, 0) is 37.0 Å². The van der Waals surface area contributed by atoms with E-state index in [-0.39, 0.29) is 36.4 Å². The molecule has 9 heteroatoms. The number of amides is 1.